The molecule has 0 fully saturated rings. The summed E-state index contributed by atoms with van der Waals surface area (Å²) in [4.78, 5) is 13.0. The zero-order valence-corrected chi connectivity index (χ0v) is 10.5. The third-order valence-corrected chi connectivity index (χ3v) is 3.77. The van der Waals surface area contributed by atoms with Gasteiger partial charge in [-0.15, -0.1) is 11.8 Å². The van der Waals surface area contributed by atoms with Crippen molar-refractivity contribution in [1.82, 2.24) is 0 Å². The Morgan fingerprint density at radius 2 is 2.00 bits per heavy atom. The van der Waals surface area contributed by atoms with Crippen LogP contribution in [0.5, 0.6) is 5.75 Å². The second-order valence-corrected chi connectivity index (χ2v) is 4.84. The van der Waals surface area contributed by atoms with Gasteiger partial charge < -0.3 is 4.74 Å². The van der Waals surface area contributed by atoms with Crippen LogP contribution in [0.15, 0.2) is 17.0 Å². The van der Waals surface area contributed by atoms with E-state index in [0.29, 0.717) is 6.42 Å². The highest BCUT2D eigenvalue weighted by Crippen LogP contribution is 2.33. The number of ketones is 1. The SMILES string of the molecule is COc1cc2c(cc1SC)C(=O)CCCC2. The van der Waals surface area contributed by atoms with Gasteiger partial charge in [-0.05, 0) is 43.2 Å². The topological polar surface area (TPSA) is 26.3 Å². The fourth-order valence-corrected chi connectivity index (χ4v) is 2.70. The van der Waals surface area contributed by atoms with Gasteiger partial charge in [-0.25, -0.2) is 0 Å². The largest absolute Gasteiger partial charge is 0.496 e. The van der Waals surface area contributed by atoms with E-state index in [4.69, 9.17) is 4.74 Å². The predicted molar refractivity (Wildman–Crippen MR) is 66.7 cm³/mol. The zero-order chi connectivity index (χ0) is 11.5. The van der Waals surface area contributed by atoms with Gasteiger partial charge in [-0.1, -0.05) is 0 Å². The lowest BCUT2D eigenvalue weighted by Crippen LogP contribution is -2.01. The number of benzene rings is 1. The number of hydrogen-bond acceptors (Lipinski definition) is 3. The number of rotatable bonds is 2. The Kier molecular flexibility index (Phi) is 3.54. The van der Waals surface area contributed by atoms with E-state index in [9.17, 15) is 4.79 Å². The van der Waals surface area contributed by atoms with E-state index in [1.54, 1.807) is 18.9 Å². The lowest BCUT2D eigenvalue weighted by atomic mass is 10.0. The maximum absolute atomic E-state index is 11.9. The number of methoxy groups -OCH3 is 1. The fourth-order valence-electron chi connectivity index (χ4n) is 2.12. The molecule has 16 heavy (non-hydrogen) atoms. The molecule has 0 saturated carbocycles. The van der Waals surface area contributed by atoms with Gasteiger partial charge in [0.1, 0.15) is 5.75 Å². The summed E-state index contributed by atoms with van der Waals surface area (Å²) < 4.78 is 5.35. The van der Waals surface area contributed by atoms with E-state index in [1.807, 2.05) is 18.4 Å². The first-order valence-electron chi connectivity index (χ1n) is 5.54. The number of ether oxygens (including phenoxy) is 1. The first kappa shape index (κ1) is 11.5. The maximum Gasteiger partial charge on any atom is 0.163 e. The molecule has 0 unspecified atom stereocenters. The Balaban J connectivity index is 2.51. The van der Waals surface area contributed by atoms with Gasteiger partial charge in [-0.3, -0.25) is 4.79 Å². The van der Waals surface area contributed by atoms with Gasteiger partial charge in [0.15, 0.2) is 5.78 Å². The maximum atomic E-state index is 11.9. The van der Waals surface area contributed by atoms with Crippen LogP contribution < -0.4 is 4.74 Å². The fraction of sp³-hybridized carbons (Fsp3) is 0.462. The van der Waals surface area contributed by atoms with Crippen LogP contribution >= 0.6 is 11.8 Å². The van der Waals surface area contributed by atoms with E-state index in [2.05, 4.69) is 0 Å². The molecule has 1 aliphatic carbocycles. The van der Waals surface area contributed by atoms with Crippen LogP contribution in [0.2, 0.25) is 0 Å². The van der Waals surface area contributed by atoms with Crippen LogP contribution in [0.3, 0.4) is 0 Å². The minimum absolute atomic E-state index is 0.283. The van der Waals surface area contributed by atoms with Crippen LogP contribution in [0, 0.1) is 0 Å². The van der Waals surface area contributed by atoms with E-state index in [1.165, 1.54) is 0 Å². The van der Waals surface area contributed by atoms with Crippen molar-refractivity contribution in [2.24, 2.45) is 0 Å². The number of carbonyl (C=O) groups excluding carboxylic acids is 1. The summed E-state index contributed by atoms with van der Waals surface area (Å²) in [6.45, 7) is 0. The van der Waals surface area contributed by atoms with E-state index < -0.39 is 0 Å². The molecule has 0 saturated heterocycles. The summed E-state index contributed by atoms with van der Waals surface area (Å²) in [7, 11) is 1.68. The molecule has 86 valence electrons. The van der Waals surface area contributed by atoms with Crippen molar-refractivity contribution in [3.05, 3.63) is 23.3 Å². The van der Waals surface area contributed by atoms with E-state index >= 15 is 0 Å². The molecule has 0 N–H and O–H groups in total. The number of hydrogen-bond donors (Lipinski definition) is 0. The monoisotopic (exact) mass is 236 g/mol. The molecule has 0 aromatic heterocycles. The third-order valence-electron chi connectivity index (χ3n) is 3.01. The Morgan fingerprint density at radius 3 is 2.69 bits per heavy atom. The first-order valence-corrected chi connectivity index (χ1v) is 6.77. The molecule has 1 aliphatic rings. The second-order valence-electron chi connectivity index (χ2n) is 3.99. The predicted octanol–water partition coefficient (Wildman–Crippen LogP) is 3.33. The normalized spacial score (nSPS) is 15.5. The molecule has 3 heteroatoms. The summed E-state index contributed by atoms with van der Waals surface area (Å²) in [5.74, 6) is 1.17. The van der Waals surface area contributed by atoms with Crippen molar-refractivity contribution in [3.63, 3.8) is 0 Å². The smallest absolute Gasteiger partial charge is 0.163 e. The summed E-state index contributed by atoms with van der Waals surface area (Å²) >= 11 is 1.62. The highest BCUT2D eigenvalue weighted by atomic mass is 32.2. The Hall–Kier alpha value is -0.960. The van der Waals surface area contributed by atoms with Gasteiger partial charge in [0.2, 0.25) is 0 Å². The molecule has 0 radical (unpaired) electrons. The minimum atomic E-state index is 0.283. The number of fused-ring (bicyclic) bond motifs is 1. The molecule has 0 atom stereocenters. The summed E-state index contributed by atoms with van der Waals surface area (Å²) in [6, 6.07) is 4.02. The molecule has 2 rings (SSSR count). The lowest BCUT2D eigenvalue weighted by Gasteiger charge is -2.11. The summed E-state index contributed by atoms with van der Waals surface area (Å²) in [5.41, 5.74) is 2.06. The van der Waals surface area contributed by atoms with Crippen LogP contribution in [-0.4, -0.2) is 19.1 Å². The molecular weight excluding hydrogens is 220 g/mol. The number of aryl methyl sites for hydroxylation is 1. The van der Waals surface area contributed by atoms with Crippen LogP contribution in [0.25, 0.3) is 0 Å². The first-order chi connectivity index (χ1) is 7.76. The highest BCUT2D eigenvalue weighted by Gasteiger charge is 2.18. The van der Waals surface area contributed by atoms with Crippen LogP contribution in [-0.2, 0) is 6.42 Å². The van der Waals surface area contributed by atoms with Gasteiger partial charge in [-0.2, -0.15) is 0 Å². The lowest BCUT2D eigenvalue weighted by molar-refractivity contribution is 0.0982. The molecule has 1 aromatic carbocycles. The Bertz CT molecular complexity index is 413. The standard InChI is InChI=1S/C13H16O2S/c1-15-12-7-9-5-3-4-6-11(14)10(9)8-13(12)16-2/h7-8H,3-6H2,1-2H3. The Labute approximate surface area is 100 Å². The van der Waals surface area contributed by atoms with Gasteiger partial charge in [0.05, 0.1) is 7.11 Å². The van der Waals surface area contributed by atoms with E-state index in [-0.39, 0.29) is 5.78 Å². The molecule has 0 heterocycles. The molecule has 0 amide bonds. The van der Waals surface area contributed by atoms with Crippen molar-refractivity contribution in [2.75, 3.05) is 13.4 Å². The number of thioether (sulfide) groups is 1. The van der Waals surface area contributed by atoms with Crippen molar-refractivity contribution in [1.29, 1.82) is 0 Å². The molecule has 0 spiro atoms. The molecule has 0 bridgehead atoms. The quantitative estimate of drug-likeness (QED) is 0.582. The third kappa shape index (κ3) is 2.09. The van der Waals surface area contributed by atoms with Gasteiger partial charge in [0, 0.05) is 16.9 Å². The van der Waals surface area contributed by atoms with Crippen molar-refractivity contribution in [3.8, 4) is 5.75 Å². The number of carbonyl (C=O) groups is 1. The van der Waals surface area contributed by atoms with Gasteiger partial charge >= 0.3 is 0 Å². The summed E-state index contributed by atoms with van der Waals surface area (Å²) in [6.07, 6.45) is 5.79. The number of Topliss-reactive ketones (excluding diaryl/α,β-unsaturated/α-hetero) is 1. The molecule has 0 aliphatic heterocycles. The van der Waals surface area contributed by atoms with Crippen molar-refractivity contribution >= 4 is 17.5 Å². The molecular formula is C13H16O2S. The van der Waals surface area contributed by atoms with Crippen molar-refractivity contribution in [2.45, 2.75) is 30.6 Å². The van der Waals surface area contributed by atoms with Gasteiger partial charge in [0.25, 0.3) is 0 Å². The summed E-state index contributed by atoms with van der Waals surface area (Å²) in [5, 5.41) is 0. The van der Waals surface area contributed by atoms with Crippen LogP contribution in [0.1, 0.15) is 35.2 Å². The second kappa shape index (κ2) is 4.91. The van der Waals surface area contributed by atoms with Crippen LogP contribution in [0.4, 0.5) is 0 Å². The molecule has 2 nitrogen and oxygen atoms in total. The Morgan fingerprint density at radius 1 is 1.25 bits per heavy atom. The highest BCUT2D eigenvalue weighted by molar-refractivity contribution is 7.98. The van der Waals surface area contributed by atoms with E-state index in [0.717, 1.165) is 41.0 Å². The average Bonchev–Trinajstić information content (AvgIpc) is 2.49. The van der Waals surface area contributed by atoms with Crippen molar-refractivity contribution < 1.29 is 9.53 Å². The zero-order valence-electron chi connectivity index (χ0n) is 9.71. The molecule has 1 aromatic rings. The average molecular weight is 236 g/mol. The minimum Gasteiger partial charge on any atom is -0.496 e.